The molecule has 0 radical (unpaired) electrons. The van der Waals surface area contributed by atoms with Crippen LogP contribution >= 0.6 is 0 Å². The third-order valence-corrected chi connectivity index (χ3v) is 4.63. The first-order chi connectivity index (χ1) is 12.1. The van der Waals surface area contributed by atoms with Crippen LogP contribution in [0.3, 0.4) is 0 Å². The zero-order valence-corrected chi connectivity index (χ0v) is 14.1. The van der Waals surface area contributed by atoms with Gasteiger partial charge in [-0.3, -0.25) is 9.48 Å². The number of nitrogens with one attached hydrogen (secondary N) is 1. The molecule has 1 aliphatic heterocycles. The van der Waals surface area contributed by atoms with Gasteiger partial charge in [0.05, 0.1) is 29.6 Å². The Kier molecular flexibility index (Phi) is 3.79. The number of benzene rings is 1. The molecule has 1 aliphatic rings. The fourth-order valence-electron chi connectivity index (χ4n) is 3.20. The number of nitrogen functional groups attached to an aromatic ring is 1. The van der Waals surface area contributed by atoms with Crippen molar-refractivity contribution in [2.24, 2.45) is 7.05 Å². The van der Waals surface area contributed by atoms with E-state index in [4.69, 9.17) is 5.73 Å². The van der Waals surface area contributed by atoms with Crippen LogP contribution in [0.25, 0.3) is 11.0 Å². The van der Waals surface area contributed by atoms with E-state index in [1.807, 2.05) is 45.6 Å². The van der Waals surface area contributed by atoms with E-state index in [0.29, 0.717) is 25.5 Å². The van der Waals surface area contributed by atoms with Crippen molar-refractivity contribution in [3.63, 3.8) is 0 Å². The fraction of sp³-hybridized carbons (Fsp3) is 0.353. The second-order valence-corrected chi connectivity index (χ2v) is 6.30. The molecule has 1 aromatic carbocycles. The zero-order chi connectivity index (χ0) is 17.4. The van der Waals surface area contributed by atoms with Crippen molar-refractivity contribution in [3.05, 3.63) is 30.6 Å². The van der Waals surface area contributed by atoms with Crippen molar-refractivity contribution in [1.82, 2.24) is 24.2 Å². The molecule has 3 heterocycles. The molecular formula is C17H21N7O. The maximum Gasteiger partial charge on any atom is 0.222 e. The highest BCUT2D eigenvalue weighted by molar-refractivity contribution is 5.91. The fourth-order valence-corrected chi connectivity index (χ4v) is 3.20. The van der Waals surface area contributed by atoms with E-state index in [-0.39, 0.29) is 5.91 Å². The number of amides is 1. The number of aryl methyl sites for hydroxylation is 1. The number of anilines is 3. The number of nitrogens with zero attached hydrogens (tertiary/aromatic N) is 5. The Hall–Kier alpha value is -3.03. The summed E-state index contributed by atoms with van der Waals surface area (Å²) in [5.41, 5.74) is 9.48. The van der Waals surface area contributed by atoms with Gasteiger partial charge in [-0.15, -0.1) is 0 Å². The Morgan fingerprint density at radius 2 is 2.20 bits per heavy atom. The van der Waals surface area contributed by atoms with E-state index in [1.54, 1.807) is 6.20 Å². The molecule has 8 nitrogen and oxygen atoms in total. The first kappa shape index (κ1) is 15.5. The van der Waals surface area contributed by atoms with Crippen LogP contribution in [0.2, 0.25) is 0 Å². The standard InChI is InChI=1S/C17H21N7O/c1-22-14-5-2-4-13(16(14)21-17(22)18)20-12-10-19-24(11-12)9-8-23-7-3-6-15(23)25/h2,4-5,10-11,20H,3,6-9H2,1H3,(H2,18,21). The highest BCUT2D eigenvalue weighted by Gasteiger charge is 2.19. The first-order valence-electron chi connectivity index (χ1n) is 8.40. The van der Waals surface area contributed by atoms with E-state index in [0.717, 1.165) is 35.4 Å². The Labute approximate surface area is 145 Å². The van der Waals surface area contributed by atoms with Crippen molar-refractivity contribution in [2.45, 2.75) is 19.4 Å². The molecule has 0 unspecified atom stereocenters. The summed E-state index contributed by atoms with van der Waals surface area (Å²) in [6, 6.07) is 5.92. The van der Waals surface area contributed by atoms with Gasteiger partial charge >= 0.3 is 0 Å². The molecule has 1 amide bonds. The van der Waals surface area contributed by atoms with Gasteiger partial charge in [0.15, 0.2) is 0 Å². The molecule has 3 N–H and O–H groups in total. The van der Waals surface area contributed by atoms with Gasteiger partial charge in [0, 0.05) is 32.8 Å². The smallest absolute Gasteiger partial charge is 0.222 e. The number of hydrogen-bond donors (Lipinski definition) is 2. The number of aromatic nitrogens is 4. The molecule has 8 heteroatoms. The maximum atomic E-state index is 11.7. The SMILES string of the molecule is Cn1c(N)nc2c(Nc3cnn(CCN4CCCC4=O)c3)cccc21. The lowest BCUT2D eigenvalue weighted by molar-refractivity contribution is -0.127. The summed E-state index contributed by atoms with van der Waals surface area (Å²) in [5, 5.41) is 7.72. The van der Waals surface area contributed by atoms with E-state index < -0.39 is 0 Å². The van der Waals surface area contributed by atoms with Gasteiger partial charge in [0.1, 0.15) is 5.52 Å². The number of carbonyl (C=O) groups is 1. The van der Waals surface area contributed by atoms with Gasteiger partial charge in [0.25, 0.3) is 0 Å². The molecule has 0 aliphatic carbocycles. The number of fused-ring (bicyclic) bond motifs is 1. The minimum absolute atomic E-state index is 0.241. The highest BCUT2D eigenvalue weighted by atomic mass is 16.2. The van der Waals surface area contributed by atoms with Crippen LogP contribution in [-0.2, 0) is 18.4 Å². The summed E-state index contributed by atoms with van der Waals surface area (Å²) in [4.78, 5) is 18.0. The molecule has 2 aromatic heterocycles. The van der Waals surface area contributed by atoms with Gasteiger partial charge in [0.2, 0.25) is 11.9 Å². The van der Waals surface area contributed by atoms with Gasteiger partial charge in [-0.1, -0.05) is 6.07 Å². The molecule has 3 aromatic rings. The summed E-state index contributed by atoms with van der Waals surface area (Å²) >= 11 is 0. The number of hydrogen-bond acceptors (Lipinski definition) is 5. The predicted molar refractivity (Wildman–Crippen MR) is 96.5 cm³/mol. The van der Waals surface area contributed by atoms with Crippen LogP contribution in [0, 0.1) is 0 Å². The predicted octanol–water partition coefficient (Wildman–Crippen LogP) is 1.72. The molecule has 25 heavy (non-hydrogen) atoms. The second kappa shape index (κ2) is 6.12. The van der Waals surface area contributed by atoms with Crippen LogP contribution in [-0.4, -0.2) is 43.2 Å². The molecule has 0 spiro atoms. The molecular weight excluding hydrogens is 318 g/mol. The van der Waals surface area contributed by atoms with Crippen LogP contribution in [0.1, 0.15) is 12.8 Å². The van der Waals surface area contributed by atoms with Crippen molar-refractivity contribution in [2.75, 3.05) is 24.1 Å². The van der Waals surface area contributed by atoms with E-state index in [1.165, 1.54) is 0 Å². The Morgan fingerprint density at radius 3 is 3.00 bits per heavy atom. The largest absolute Gasteiger partial charge is 0.369 e. The summed E-state index contributed by atoms with van der Waals surface area (Å²) in [6.45, 7) is 2.24. The summed E-state index contributed by atoms with van der Waals surface area (Å²) in [6.07, 6.45) is 5.34. The second-order valence-electron chi connectivity index (χ2n) is 6.30. The van der Waals surface area contributed by atoms with Crippen molar-refractivity contribution in [1.29, 1.82) is 0 Å². The summed E-state index contributed by atoms with van der Waals surface area (Å²) in [5.74, 6) is 0.722. The molecule has 1 saturated heterocycles. The van der Waals surface area contributed by atoms with Crippen molar-refractivity contribution >= 4 is 34.3 Å². The minimum Gasteiger partial charge on any atom is -0.369 e. The van der Waals surface area contributed by atoms with Crippen LogP contribution in [0.15, 0.2) is 30.6 Å². The topological polar surface area (TPSA) is 94.0 Å². The molecule has 4 rings (SSSR count). The maximum absolute atomic E-state index is 11.7. The van der Waals surface area contributed by atoms with Crippen LogP contribution < -0.4 is 11.1 Å². The minimum atomic E-state index is 0.241. The van der Waals surface area contributed by atoms with E-state index in [9.17, 15) is 4.79 Å². The number of imidazole rings is 1. The third kappa shape index (κ3) is 2.90. The summed E-state index contributed by atoms with van der Waals surface area (Å²) < 4.78 is 3.71. The number of likely N-dealkylation sites (tertiary alicyclic amines) is 1. The molecule has 1 fully saturated rings. The Balaban J connectivity index is 1.48. The zero-order valence-electron chi connectivity index (χ0n) is 14.1. The number of carbonyl (C=O) groups excluding carboxylic acids is 1. The van der Waals surface area contributed by atoms with Gasteiger partial charge in [-0.05, 0) is 18.6 Å². The van der Waals surface area contributed by atoms with Gasteiger partial charge in [-0.2, -0.15) is 5.10 Å². The Bertz CT molecular complexity index is 926. The highest BCUT2D eigenvalue weighted by Crippen LogP contribution is 2.26. The first-order valence-corrected chi connectivity index (χ1v) is 8.40. The molecule has 0 atom stereocenters. The normalized spacial score (nSPS) is 14.6. The lowest BCUT2D eigenvalue weighted by Crippen LogP contribution is -2.28. The van der Waals surface area contributed by atoms with Crippen molar-refractivity contribution < 1.29 is 4.79 Å². The quantitative estimate of drug-likeness (QED) is 0.738. The lowest BCUT2D eigenvalue weighted by Gasteiger charge is -2.14. The number of rotatable bonds is 5. The monoisotopic (exact) mass is 339 g/mol. The average molecular weight is 339 g/mol. The van der Waals surface area contributed by atoms with Crippen LogP contribution in [0.5, 0.6) is 0 Å². The third-order valence-electron chi connectivity index (χ3n) is 4.63. The van der Waals surface area contributed by atoms with E-state index >= 15 is 0 Å². The van der Waals surface area contributed by atoms with Gasteiger partial charge in [-0.25, -0.2) is 4.98 Å². The van der Waals surface area contributed by atoms with Crippen molar-refractivity contribution in [3.8, 4) is 0 Å². The van der Waals surface area contributed by atoms with Gasteiger partial charge < -0.3 is 20.5 Å². The van der Waals surface area contributed by atoms with Crippen LogP contribution in [0.4, 0.5) is 17.3 Å². The Morgan fingerprint density at radius 1 is 1.32 bits per heavy atom. The number of para-hydroxylation sites is 1. The molecule has 130 valence electrons. The lowest BCUT2D eigenvalue weighted by atomic mass is 10.2. The molecule has 0 bridgehead atoms. The van der Waals surface area contributed by atoms with E-state index in [2.05, 4.69) is 15.4 Å². The average Bonchev–Trinajstić information content (AvgIpc) is 3.28. The number of nitrogens with two attached hydrogens (primary N) is 1. The summed E-state index contributed by atoms with van der Waals surface area (Å²) in [7, 11) is 1.89. The molecule has 0 saturated carbocycles.